The zero-order valence-corrected chi connectivity index (χ0v) is 17.6. The van der Waals surface area contributed by atoms with Crippen LogP contribution >= 0.6 is 0 Å². The van der Waals surface area contributed by atoms with E-state index in [-0.39, 0.29) is 18.6 Å². The van der Waals surface area contributed by atoms with Gasteiger partial charge in [0.1, 0.15) is 11.5 Å². The summed E-state index contributed by atoms with van der Waals surface area (Å²) < 4.78 is 12.8. The third-order valence-corrected chi connectivity index (χ3v) is 5.40. The van der Waals surface area contributed by atoms with Crippen LogP contribution in [0.25, 0.3) is 5.69 Å². The lowest BCUT2D eigenvalue weighted by Crippen LogP contribution is -2.34. The molecule has 6 nitrogen and oxygen atoms in total. The van der Waals surface area contributed by atoms with Crippen LogP contribution in [-0.4, -0.2) is 29.4 Å². The number of methoxy groups -OCH3 is 1. The quantitative estimate of drug-likeness (QED) is 0.671. The fraction of sp³-hybridized carbons (Fsp3) is 0.333. The molecule has 0 saturated heterocycles. The zero-order valence-electron chi connectivity index (χ0n) is 17.6. The number of hydrogen-bond acceptors (Lipinski definition) is 4. The molecule has 0 spiro atoms. The minimum Gasteiger partial charge on any atom is -0.497 e. The summed E-state index contributed by atoms with van der Waals surface area (Å²) in [5.74, 6) is 1.25. The molecular weight excluding hydrogens is 378 g/mol. The number of amides is 1. The van der Waals surface area contributed by atoms with Crippen LogP contribution in [0.2, 0.25) is 0 Å². The molecule has 0 fully saturated rings. The van der Waals surface area contributed by atoms with Gasteiger partial charge in [0.15, 0.2) is 6.61 Å². The highest BCUT2D eigenvalue weighted by Gasteiger charge is 2.26. The summed E-state index contributed by atoms with van der Waals surface area (Å²) >= 11 is 0. The SMILES string of the molecule is COc1ccc(OCC(=O)N[C@H]2CCCc3c2cnn3-c2cc(C)cc(C)c2)cc1. The number of benzene rings is 2. The van der Waals surface area contributed by atoms with E-state index in [1.54, 1.807) is 19.2 Å². The number of rotatable bonds is 6. The largest absolute Gasteiger partial charge is 0.497 e. The topological polar surface area (TPSA) is 65.4 Å². The molecule has 4 rings (SSSR count). The Bertz CT molecular complexity index is 1020. The molecule has 0 bridgehead atoms. The van der Waals surface area contributed by atoms with E-state index in [0.29, 0.717) is 5.75 Å². The second-order valence-corrected chi connectivity index (χ2v) is 7.78. The zero-order chi connectivity index (χ0) is 21.1. The van der Waals surface area contributed by atoms with Gasteiger partial charge in [-0.25, -0.2) is 4.68 Å². The Morgan fingerprint density at radius 1 is 1.13 bits per heavy atom. The second-order valence-electron chi connectivity index (χ2n) is 7.78. The number of carbonyl (C=O) groups excluding carboxylic acids is 1. The predicted octanol–water partition coefficient (Wildman–Crippen LogP) is 4.07. The Labute approximate surface area is 176 Å². The highest BCUT2D eigenvalue weighted by atomic mass is 16.5. The first-order chi connectivity index (χ1) is 14.5. The molecule has 1 amide bonds. The standard InChI is InChI=1S/C24H27N3O3/c1-16-11-17(2)13-18(12-16)27-23-6-4-5-22(21(23)14-25-27)26-24(28)15-30-20-9-7-19(29-3)8-10-20/h7-14,22H,4-6,15H2,1-3H3,(H,26,28)/t22-/m0/s1. The minimum atomic E-state index is -0.136. The van der Waals surface area contributed by atoms with Gasteiger partial charge in [-0.3, -0.25) is 4.79 Å². The number of nitrogens with zero attached hydrogens (tertiary/aromatic N) is 2. The molecule has 1 heterocycles. The van der Waals surface area contributed by atoms with Crippen LogP contribution < -0.4 is 14.8 Å². The van der Waals surface area contributed by atoms with Crippen LogP contribution in [0.15, 0.2) is 48.7 Å². The molecule has 0 unspecified atom stereocenters. The predicted molar refractivity (Wildman–Crippen MR) is 115 cm³/mol. The summed E-state index contributed by atoms with van der Waals surface area (Å²) in [5.41, 5.74) is 5.77. The average molecular weight is 405 g/mol. The van der Waals surface area contributed by atoms with Gasteiger partial charge >= 0.3 is 0 Å². The Balaban J connectivity index is 1.44. The van der Waals surface area contributed by atoms with Crippen LogP contribution in [0.4, 0.5) is 0 Å². The van der Waals surface area contributed by atoms with Crippen LogP contribution in [0, 0.1) is 13.8 Å². The van der Waals surface area contributed by atoms with Crippen molar-refractivity contribution in [1.29, 1.82) is 0 Å². The maximum absolute atomic E-state index is 12.5. The van der Waals surface area contributed by atoms with Crippen molar-refractivity contribution in [2.24, 2.45) is 0 Å². The van der Waals surface area contributed by atoms with Gasteiger partial charge in [0.05, 0.1) is 25.0 Å². The van der Waals surface area contributed by atoms with Crippen molar-refractivity contribution in [3.05, 3.63) is 71.0 Å². The molecule has 0 aliphatic heterocycles. The van der Waals surface area contributed by atoms with E-state index in [0.717, 1.165) is 36.3 Å². The summed E-state index contributed by atoms with van der Waals surface area (Å²) in [6.45, 7) is 4.17. The highest BCUT2D eigenvalue weighted by molar-refractivity contribution is 5.78. The first-order valence-electron chi connectivity index (χ1n) is 10.2. The van der Waals surface area contributed by atoms with Crippen molar-refractivity contribution < 1.29 is 14.3 Å². The number of ether oxygens (including phenoxy) is 2. The van der Waals surface area contributed by atoms with Gasteiger partial charge in [-0.15, -0.1) is 0 Å². The van der Waals surface area contributed by atoms with Gasteiger partial charge in [0, 0.05) is 11.3 Å². The monoisotopic (exact) mass is 405 g/mol. The van der Waals surface area contributed by atoms with Crippen LogP contribution in [0.3, 0.4) is 0 Å². The van der Waals surface area contributed by atoms with Gasteiger partial charge < -0.3 is 14.8 Å². The van der Waals surface area contributed by atoms with Crippen molar-refractivity contribution in [1.82, 2.24) is 15.1 Å². The van der Waals surface area contributed by atoms with Crippen molar-refractivity contribution in [3.63, 3.8) is 0 Å². The Morgan fingerprint density at radius 2 is 1.83 bits per heavy atom. The third kappa shape index (κ3) is 4.32. The number of nitrogens with one attached hydrogen (secondary N) is 1. The van der Waals surface area contributed by atoms with E-state index < -0.39 is 0 Å². The maximum atomic E-state index is 12.5. The number of aromatic nitrogens is 2. The molecule has 0 saturated carbocycles. The van der Waals surface area contributed by atoms with E-state index in [2.05, 4.69) is 42.5 Å². The van der Waals surface area contributed by atoms with E-state index in [4.69, 9.17) is 9.47 Å². The second kappa shape index (κ2) is 8.61. The molecule has 2 aromatic carbocycles. The molecular formula is C24H27N3O3. The molecule has 3 aromatic rings. The van der Waals surface area contributed by atoms with E-state index in [1.165, 1.54) is 16.8 Å². The van der Waals surface area contributed by atoms with Crippen molar-refractivity contribution in [2.45, 2.75) is 39.2 Å². The highest BCUT2D eigenvalue weighted by Crippen LogP contribution is 2.31. The molecule has 1 aromatic heterocycles. The maximum Gasteiger partial charge on any atom is 0.258 e. The Hall–Kier alpha value is -3.28. The van der Waals surface area contributed by atoms with E-state index in [9.17, 15) is 4.79 Å². The number of aryl methyl sites for hydroxylation is 2. The molecule has 30 heavy (non-hydrogen) atoms. The van der Waals surface area contributed by atoms with Gasteiger partial charge in [-0.05, 0) is 80.6 Å². The lowest BCUT2D eigenvalue weighted by molar-refractivity contribution is -0.123. The lowest BCUT2D eigenvalue weighted by Gasteiger charge is -2.24. The summed E-state index contributed by atoms with van der Waals surface area (Å²) in [6, 6.07) is 13.6. The summed E-state index contributed by atoms with van der Waals surface area (Å²) in [4.78, 5) is 12.5. The fourth-order valence-electron chi connectivity index (χ4n) is 4.06. The average Bonchev–Trinajstić information content (AvgIpc) is 3.17. The molecule has 6 heteroatoms. The molecule has 1 N–H and O–H groups in total. The normalized spacial score (nSPS) is 15.4. The Morgan fingerprint density at radius 3 is 2.53 bits per heavy atom. The third-order valence-electron chi connectivity index (χ3n) is 5.40. The summed E-state index contributed by atoms with van der Waals surface area (Å²) in [7, 11) is 1.62. The van der Waals surface area contributed by atoms with Crippen molar-refractivity contribution >= 4 is 5.91 Å². The summed E-state index contributed by atoms with van der Waals surface area (Å²) in [6.07, 6.45) is 4.76. The van der Waals surface area contributed by atoms with Gasteiger partial charge in [-0.1, -0.05) is 6.07 Å². The molecule has 0 radical (unpaired) electrons. The van der Waals surface area contributed by atoms with Crippen molar-refractivity contribution in [3.8, 4) is 17.2 Å². The van der Waals surface area contributed by atoms with Crippen LogP contribution in [-0.2, 0) is 11.2 Å². The van der Waals surface area contributed by atoms with E-state index >= 15 is 0 Å². The minimum absolute atomic E-state index is 0.0244. The first kappa shape index (κ1) is 20.0. The molecule has 1 aliphatic carbocycles. The fourth-order valence-corrected chi connectivity index (χ4v) is 4.06. The van der Waals surface area contributed by atoms with Gasteiger partial charge in [-0.2, -0.15) is 5.10 Å². The number of carbonyl (C=O) groups is 1. The van der Waals surface area contributed by atoms with Crippen molar-refractivity contribution in [2.75, 3.05) is 13.7 Å². The van der Waals surface area contributed by atoms with Gasteiger partial charge in [0.2, 0.25) is 0 Å². The molecule has 156 valence electrons. The summed E-state index contributed by atoms with van der Waals surface area (Å²) in [5, 5.41) is 7.75. The van der Waals surface area contributed by atoms with E-state index in [1.807, 2.05) is 23.0 Å². The Kier molecular flexibility index (Phi) is 5.74. The number of hydrogen-bond donors (Lipinski definition) is 1. The number of fused-ring (bicyclic) bond motifs is 1. The lowest BCUT2D eigenvalue weighted by atomic mass is 9.93. The van der Waals surface area contributed by atoms with Crippen LogP contribution in [0.1, 0.15) is 41.3 Å². The molecule has 1 atom stereocenters. The molecule has 1 aliphatic rings. The van der Waals surface area contributed by atoms with Gasteiger partial charge in [0.25, 0.3) is 5.91 Å². The smallest absolute Gasteiger partial charge is 0.258 e. The first-order valence-corrected chi connectivity index (χ1v) is 10.2. The van der Waals surface area contributed by atoms with Crippen LogP contribution in [0.5, 0.6) is 11.5 Å².